The Balaban J connectivity index is 1.35. The van der Waals surface area contributed by atoms with E-state index in [4.69, 9.17) is 4.74 Å². The lowest BCUT2D eigenvalue weighted by molar-refractivity contribution is -0.152. The summed E-state index contributed by atoms with van der Waals surface area (Å²) in [4.78, 5) is 65.7. The van der Waals surface area contributed by atoms with Gasteiger partial charge in [0.25, 0.3) is 0 Å². The Kier molecular flexibility index (Phi) is 10.7. The van der Waals surface area contributed by atoms with Gasteiger partial charge in [-0.3, -0.25) is 19.7 Å². The zero-order valence-electron chi connectivity index (χ0n) is 24.1. The number of alkyl carbamates (subject to hydrolysis) is 1. The first-order valence-corrected chi connectivity index (χ1v) is 14.4. The predicted molar refractivity (Wildman–Crippen MR) is 155 cm³/mol. The van der Waals surface area contributed by atoms with E-state index in [-0.39, 0.29) is 44.4 Å². The van der Waals surface area contributed by atoms with E-state index in [0.29, 0.717) is 19.4 Å². The van der Waals surface area contributed by atoms with Gasteiger partial charge in [-0.15, -0.1) is 0 Å². The van der Waals surface area contributed by atoms with Crippen molar-refractivity contribution in [2.75, 3.05) is 19.6 Å². The minimum Gasteiger partial charge on any atom is -0.480 e. The SMILES string of the molecule is C[C@@H](N[C@H](CCc1ccccc1)C(=O)O)C(=O)N1[C@H](C(=O)O)C[C@H]2CCN(C(=O)CNC(=O)OCc3ccccc3)C[C@@H]21. The minimum atomic E-state index is -1.14. The summed E-state index contributed by atoms with van der Waals surface area (Å²) in [5.74, 6) is -3.27. The van der Waals surface area contributed by atoms with Crippen LogP contribution in [0.1, 0.15) is 37.3 Å². The Morgan fingerprint density at radius 2 is 1.63 bits per heavy atom. The van der Waals surface area contributed by atoms with Crippen LogP contribution in [0.15, 0.2) is 60.7 Å². The molecule has 12 heteroatoms. The van der Waals surface area contributed by atoms with Gasteiger partial charge >= 0.3 is 18.0 Å². The van der Waals surface area contributed by atoms with E-state index in [0.717, 1.165) is 11.1 Å². The maximum Gasteiger partial charge on any atom is 0.407 e. The quantitative estimate of drug-likeness (QED) is 0.287. The first kappa shape index (κ1) is 31.5. The van der Waals surface area contributed by atoms with Crippen molar-refractivity contribution in [2.24, 2.45) is 5.92 Å². The highest BCUT2D eigenvalue weighted by molar-refractivity contribution is 5.89. The highest BCUT2D eigenvalue weighted by atomic mass is 16.5. The zero-order chi connectivity index (χ0) is 30.9. The predicted octanol–water partition coefficient (Wildman–Crippen LogP) is 1.88. The van der Waals surface area contributed by atoms with Gasteiger partial charge in [0, 0.05) is 13.1 Å². The van der Waals surface area contributed by atoms with Gasteiger partial charge < -0.3 is 30.1 Å². The second-order valence-electron chi connectivity index (χ2n) is 11.0. The summed E-state index contributed by atoms with van der Waals surface area (Å²) < 4.78 is 5.15. The molecular weight excluding hydrogens is 556 g/mol. The summed E-state index contributed by atoms with van der Waals surface area (Å²) in [5.41, 5.74) is 1.77. The van der Waals surface area contributed by atoms with Crippen LogP contribution >= 0.6 is 0 Å². The van der Waals surface area contributed by atoms with Crippen LogP contribution in [0.3, 0.4) is 0 Å². The van der Waals surface area contributed by atoms with Gasteiger partial charge in [0.15, 0.2) is 0 Å². The molecule has 230 valence electrons. The third-order valence-electron chi connectivity index (χ3n) is 8.11. The summed E-state index contributed by atoms with van der Waals surface area (Å²) in [6.45, 7) is 1.76. The molecule has 4 rings (SSSR count). The minimum absolute atomic E-state index is 0.0587. The van der Waals surface area contributed by atoms with Crippen molar-refractivity contribution in [3.63, 3.8) is 0 Å². The molecule has 2 heterocycles. The van der Waals surface area contributed by atoms with Crippen LogP contribution in [0, 0.1) is 5.92 Å². The molecule has 0 saturated carbocycles. The maximum atomic E-state index is 13.7. The Hall–Kier alpha value is -4.45. The molecule has 2 saturated heterocycles. The number of benzene rings is 2. The van der Waals surface area contributed by atoms with Crippen molar-refractivity contribution in [2.45, 2.75) is 63.4 Å². The van der Waals surface area contributed by atoms with Crippen LogP contribution in [-0.2, 0) is 36.9 Å². The lowest BCUT2D eigenvalue weighted by Gasteiger charge is -2.40. The number of hydrogen-bond acceptors (Lipinski definition) is 7. The van der Waals surface area contributed by atoms with Gasteiger partial charge in [0.2, 0.25) is 11.8 Å². The molecule has 2 aliphatic rings. The van der Waals surface area contributed by atoms with E-state index in [2.05, 4.69) is 10.6 Å². The third-order valence-corrected chi connectivity index (χ3v) is 8.11. The fraction of sp³-hybridized carbons (Fsp3) is 0.452. The first-order chi connectivity index (χ1) is 20.6. The van der Waals surface area contributed by atoms with E-state index < -0.39 is 48.1 Å². The molecule has 43 heavy (non-hydrogen) atoms. The van der Waals surface area contributed by atoms with Crippen molar-refractivity contribution >= 4 is 29.8 Å². The summed E-state index contributed by atoms with van der Waals surface area (Å²) >= 11 is 0. The van der Waals surface area contributed by atoms with E-state index in [1.807, 2.05) is 60.7 Å². The fourth-order valence-electron chi connectivity index (χ4n) is 5.83. The number of ether oxygens (including phenoxy) is 1. The second kappa shape index (κ2) is 14.6. The van der Waals surface area contributed by atoms with E-state index in [1.54, 1.807) is 0 Å². The average Bonchev–Trinajstić information content (AvgIpc) is 3.40. The van der Waals surface area contributed by atoms with Gasteiger partial charge in [0.1, 0.15) is 25.2 Å². The molecule has 0 aromatic heterocycles. The average molecular weight is 595 g/mol. The Morgan fingerprint density at radius 3 is 2.26 bits per heavy atom. The summed E-state index contributed by atoms with van der Waals surface area (Å²) in [7, 11) is 0. The first-order valence-electron chi connectivity index (χ1n) is 14.4. The molecule has 12 nitrogen and oxygen atoms in total. The Morgan fingerprint density at radius 1 is 0.977 bits per heavy atom. The van der Waals surface area contributed by atoms with Crippen molar-refractivity contribution in [3.05, 3.63) is 71.8 Å². The second-order valence-corrected chi connectivity index (χ2v) is 11.0. The van der Waals surface area contributed by atoms with E-state index in [1.165, 1.54) is 16.7 Å². The Labute approximate surface area is 250 Å². The van der Waals surface area contributed by atoms with Crippen molar-refractivity contribution < 1.29 is 38.9 Å². The number of carbonyl (C=O) groups excluding carboxylic acids is 3. The molecule has 2 aromatic rings. The van der Waals surface area contributed by atoms with Crippen LogP contribution in [0.25, 0.3) is 0 Å². The Bertz CT molecular complexity index is 1290. The molecule has 0 radical (unpaired) electrons. The zero-order valence-corrected chi connectivity index (χ0v) is 24.1. The molecule has 5 atom stereocenters. The third kappa shape index (κ3) is 8.31. The molecule has 3 amide bonds. The van der Waals surface area contributed by atoms with Crippen LogP contribution in [0.5, 0.6) is 0 Å². The standard InChI is InChI=1S/C31H38N4O8/c1-20(33-24(29(38)39)13-12-21-8-4-2-5-9-21)28(37)35-25(30(40)41)16-23-14-15-34(18-26(23)35)27(36)17-32-31(42)43-19-22-10-6-3-7-11-22/h2-11,20,23-26,33H,12-19H2,1H3,(H,32,42)(H,38,39)(H,40,41)/t20-,23-,24-,25+,26+/m1/s1. The smallest absolute Gasteiger partial charge is 0.407 e. The maximum absolute atomic E-state index is 13.7. The molecule has 4 N–H and O–H groups in total. The topological polar surface area (TPSA) is 166 Å². The highest BCUT2D eigenvalue weighted by Gasteiger charge is 2.50. The molecule has 0 unspecified atom stereocenters. The van der Waals surface area contributed by atoms with Crippen LogP contribution in [-0.4, -0.2) is 93.7 Å². The molecule has 2 fully saturated rings. The van der Waals surface area contributed by atoms with Gasteiger partial charge in [-0.05, 0) is 49.7 Å². The van der Waals surface area contributed by atoms with Gasteiger partial charge in [-0.2, -0.15) is 0 Å². The number of nitrogens with one attached hydrogen (secondary N) is 2. The number of aliphatic carboxylic acids is 2. The van der Waals surface area contributed by atoms with Crippen LogP contribution in [0.2, 0.25) is 0 Å². The normalized spacial score (nSPS) is 20.9. The summed E-state index contributed by atoms with van der Waals surface area (Å²) in [6.07, 6.45) is 0.743. The number of likely N-dealkylation sites (tertiary alicyclic amines) is 2. The molecular formula is C31H38N4O8. The number of aryl methyl sites for hydroxylation is 1. The van der Waals surface area contributed by atoms with Crippen molar-refractivity contribution in [1.82, 2.24) is 20.4 Å². The van der Waals surface area contributed by atoms with Crippen LogP contribution < -0.4 is 10.6 Å². The number of piperidine rings is 1. The van der Waals surface area contributed by atoms with Crippen molar-refractivity contribution in [3.8, 4) is 0 Å². The van der Waals surface area contributed by atoms with Gasteiger partial charge in [0.05, 0.1) is 12.1 Å². The molecule has 0 bridgehead atoms. The highest BCUT2D eigenvalue weighted by Crippen LogP contribution is 2.36. The number of carboxylic acids is 2. The lowest BCUT2D eigenvalue weighted by Crippen LogP contribution is -2.59. The van der Waals surface area contributed by atoms with Gasteiger partial charge in [-0.25, -0.2) is 9.59 Å². The summed E-state index contributed by atoms with van der Waals surface area (Å²) in [6, 6.07) is 14.9. The molecule has 2 aromatic carbocycles. The number of nitrogens with zero attached hydrogens (tertiary/aromatic N) is 2. The molecule has 0 spiro atoms. The number of hydrogen-bond donors (Lipinski definition) is 4. The summed E-state index contributed by atoms with van der Waals surface area (Å²) in [5, 5.41) is 25.1. The monoisotopic (exact) mass is 594 g/mol. The van der Waals surface area contributed by atoms with E-state index >= 15 is 0 Å². The number of amides is 3. The fourth-order valence-corrected chi connectivity index (χ4v) is 5.83. The molecule has 0 aliphatic carbocycles. The number of rotatable bonds is 12. The lowest BCUT2D eigenvalue weighted by atomic mass is 9.91. The van der Waals surface area contributed by atoms with Crippen molar-refractivity contribution in [1.29, 1.82) is 0 Å². The van der Waals surface area contributed by atoms with Gasteiger partial charge in [-0.1, -0.05) is 60.7 Å². The van der Waals surface area contributed by atoms with E-state index in [9.17, 15) is 34.2 Å². The van der Waals surface area contributed by atoms with Crippen LogP contribution in [0.4, 0.5) is 4.79 Å². The molecule has 2 aliphatic heterocycles. The largest absolute Gasteiger partial charge is 0.480 e. The number of carboxylic acid groups (broad SMARTS) is 2. The number of carbonyl (C=O) groups is 5. The number of fused-ring (bicyclic) bond motifs is 1.